The molecule has 7 heteroatoms. The summed E-state index contributed by atoms with van der Waals surface area (Å²) in [6.07, 6.45) is 2.58. The fourth-order valence-electron chi connectivity index (χ4n) is 1.58. The fraction of sp³-hybridized carbons (Fsp3) is 0.308. The maximum atomic E-state index is 11.7. The number of hydrogen-bond donors (Lipinski definition) is 2. The molecule has 0 saturated carbocycles. The van der Waals surface area contributed by atoms with E-state index in [-0.39, 0.29) is 11.3 Å². The molecule has 2 aromatic heterocycles. The van der Waals surface area contributed by atoms with E-state index in [1.165, 1.54) is 6.07 Å². The van der Waals surface area contributed by atoms with Crippen LogP contribution in [0.2, 0.25) is 0 Å². The van der Waals surface area contributed by atoms with Crippen LogP contribution in [0.1, 0.15) is 38.5 Å². The van der Waals surface area contributed by atoms with Crippen molar-refractivity contribution in [1.29, 1.82) is 0 Å². The Morgan fingerprint density at radius 3 is 2.90 bits per heavy atom. The summed E-state index contributed by atoms with van der Waals surface area (Å²) in [4.78, 5) is 26.8. The number of thiazole rings is 1. The highest BCUT2D eigenvalue weighted by molar-refractivity contribution is 7.09. The van der Waals surface area contributed by atoms with Gasteiger partial charge in [0.15, 0.2) is 5.76 Å². The molecule has 2 aromatic rings. The molecule has 20 heavy (non-hydrogen) atoms. The van der Waals surface area contributed by atoms with Crippen molar-refractivity contribution in [3.8, 4) is 0 Å². The van der Waals surface area contributed by atoms with E-state index in [0.29, 0.717) is 13.0 Å². The summed E-state index contributed by atoms with van der Waals surface area (Å²) < 4.78 is 4.91. The van der Waals surface area contributed by atoms with Crippen molar-refractivity contribution in [1.82, 2.24) is 10.3 Å². The van der Waals surface area contributed by atoms with E-state index in [9.17, 15) is 9.59 Å². The molecular formula is C13H14N2O4S. The molecule has 0 bridgehead atoms. The van der Waals surface area contributed by atoms with Crippen LogP contribution in [-0.2, 0) is 12.8 Å². The van der Waals surface area contributed by atoms with E-state index < -0.39 is 11.9 Å². The molecule has 0 spiro atoms. The van der Waals surface area contributed by atoms with Gasteiger partial charge in [-0.1, -0.05) is 6.92 Å². The van der Waals surface area contributed by atoms with Crippen LogP contribution >= 0.6 is 11.3 Å². The van der Waals surface area contributed by atoms with E-state index >= 15 is 0 Å². The van der Waals surface area contributed by atoms with E-state index in [1.807, 2.05) is 12.3 Å². The highest BCUT2D eigenvalue weighted by Crippen LogP contribution is 2.11. The monoisotopic (exact) mass is 294 g/mol. The van der Waals surface area contributed by atoms with Crippen LogP contribution < -0.4 is 5.32 Å². The standard InChI is InChI=1S/C13H14N2O4S/c1-2-11-15-9(7-20-11)3-4-14-12(16)10-5-8(6-19-10)13(17)18/h5-7H,2-4H2,1H3,(H,14,16)(H,17,18). The Morgan fingerprint density at radius 2 is 2.30 bits per heavy atom. The topological polar surface area (TPSA) is 92.4 Å². The van der Waals surface area contributed by atoms with E-state index in [0.717, 1.165) is 23.4 Å². The molecule has 6 nitrogen and oxygen atoms in total. The zero-order valence-corrected chi connectivity index (χ0v) is 11.7. The summed E-state index contributed by atoms with van der Waals surface area (Å²) in [5.74, 6) is -1.55. The van der Waals surface area contributed by atoms with Gasteiger partial charge >= 0.3 is 5.97 Å². The Labute approximate surface area is 119 Å². The van der Waals surface area contributed by atoms with Crippen LogP contribution in [0.5, 0.6) is 0 Å². The molecule has 0 aromatic carbocycles. The minimum atomic E-state index is -1.12. The van der Waals surface area contributed by atoms with Crippen molar-refractivity contribution in [3.63, 3.8) is 0 Å². The second-order valence-corrected chi connectivity index (χ2v) is 5.04. The van der Waals surface area contributed by atoms with Crippen LogP contribution in [0.25, 0.3) is 0 Å². The molecular weight excluding hydrogens is 280 g/mol. The number of aryl methyl sites for hydroxylation is 1. The Hall–Kier alpha value is -2.15. The number of nitrogens with one attached hydrogen (secondary N) is 1. The number of carboxylic acid groups (broad SMARTS) is 1. The van der Waals surface area contributed by atoms with E-state index in [4.69, 9.17) is 9.52 Å². The second kappa shape index (κ2) is 6.33. The quantitative estimate of drug-likeness (QED) is 0.849. The third kappa shape index (κ3) is 3.45. The van der Waals surface area contributed by atoms with Crippen molar-refractivity contribution in [2.45, 2.75) is 19.8 Å². The van der Waals surface area contributed by atoms with Crippen LogP contribution in [0.15, 0.2) is 22.1 Å². The van der Waals surface area contributed by atoms with Gasteiger partial charge in [0.2, 0.25) is 0 Å². The van der Waals surface area contributed by atoms with Crippen LogP contribution in [-0.4, -0.2) is 28.5 Å². The first-order valence-corrected chi connectivity index (χ1v) is 7.01. The third-order valence-corrected chi connectivity index (χ3v) is 3.68. The largest absolute Gasteiger partial charge is 0.478 e. The average Bonchev–Trinajstić information content (AvgIpc) is 3.07. The smallest absolute Gasteiger partial charge is 0.338 e. The average molecular weight is 294 g/mol. The van der Waals surface area contributed by atoms with Crippen molar-refractivity contribution < 1.29 is 19.1 Å². The lowest BCUT2D eigenvalue weighted by Crippen LogP contribution is -2.25. The zero-order chi connectivity index (χ0) is 14.5. The summed E-state index contributed by atoms with van der Waals surface area (Å²) in [5.41, 5.74) is 0.903. The van der Waals surface area contributed by atoms with Gasteiger partial charge in [-0.15, -0.1) is 11.3 Å². The van der Waals surface area contributed by atoms with Gasteiger partial charge in [-0.25, -0.2) is 9.78 Å². The Balaban J connectivity index is 1.83. The van der Waals surface area contributed by atoms with Gasteiger partial charge in [-0.2, -0.15) is 0 Å². The molecule has 2 N–H and O–H groups in total. The first-order valence-electron chi connectivity index (χ1n) is 6.13. The predicted octanol–water partition coefficient (Wildman–Crippen LogP) is 1.97. The number of aromatic carboxylic acids is 1. The molecule has 0 aliphatic rings. The number of carbonyl (C=O) groups is 2. The molecule has 106 valence electrons. The molecule has 0 unspecified atom stereocenters. The first-order chi connectivity index (χ1) is 9.60. The summed E-state index contributed by atoms with van der Waals surface area (Å²) in [6.45, 7) is 2.47. The lowest BCUT2D eigenvalue weighted by atomic mass is 10.3. The summed E-state index contributed by atoms with van der Waals surface area (Å²) in [6, 6.07) is 1.20. The molecule has 0 radical (unpaired) electrons. The molecule has 0 aliphatic heterocycles. The van der Waals surface area contributed by atoms with Crippen LogP contribution in [0, 0.1) is 0 Å². The highest BCUT2D eigenvalue weighted by atomic mass is 32.1. The van der Waals surface area contributed by atoms with Crippen molar-refractivity contribution in [2.24, 2.45) is 0 Å². The normalized spacial score (nSPS) is 10.4. The number of amides is 1. The summed E-state index contributed by atoms with van der Waals surface area (Å²) in [7, 11) is 0. The number of aromatic nitrogens is 1. The second-order valence-electron chi connectivity index (χ2n) is 4.10. The molecule has 0 atom stereocenters. The molecule has 2 heterocycles. The Kier molecular flexibility index (Phi) is 4.52. The number of furan rings is 1. The van der Waals surface area contributed by atoms with Gasteiger partial charge < -0.3 is 14.8 Å². The molecule has 0 aliphatic carbocycles. The van der Waals surface area contributed by atoms with Crippen molar-refractivity contribution in [3.05, 3.63) is 39.7 Å². The third-order valence-electron chi connectivity index (χ3n) is 2.64. The Morgan fingerprint density at radius 1 is 1.50 bits per heavy atom. The SMILES string of the molecule is CCc1nc(CCNC(=O)c2cc(C(=O)O)co2)cs1. The maximum Gasteiger partial charge on any atom is 0.338 e. The number of hydrogen-bond acceptors (Lipinski definition) is 5. The predicted molar refractivity (Wildman–Crippen MR) is 73.2 cm³/mol. The summed E-state index contributed by atoms with van der Waals surface area (Å²) >= 11 is 1.60. The highest BCUT2D eigenvalue weighted by Gasteiger charge is 2.14. The molecule has 0 fully saturated rings. The van der Waals surface area contributed by atoms with Crippen molar-refractivity contribution in [2.75, 3.05) is 6.54 Å². The van der Waals surface area contributed by atoms with Crippen LogP contribution in [0.4, 0.5) is 0 Å². The zero-order valence-electron chi connectivity index (χ0n) is 10.9. The lowest BCUT2D eigenvalue weighted by molar-refractivity contribution is 0.0696. The number of carboxylic acids is 1. The van der Waals surface area contributed by atoms with Gasteiger partial charge in [0.05, 0.1) is 16.3 Å². The number of rotatable bonds is 6. The van der Waals surface area contributed by atoms with Gasteiger partial charge in [-0.3, -0.25) is 4.79 Å². The maximum absolute atomic E-state index is 11.7. The Bertz CT molecular complexity index is 617. The first kappa shape index (κ1) is 14.3. The van der Waals surface area contributed by atoms with Gasteiger partial charge in [-0.05, 0) is 6.42 Å². The van der Waals surface area contributed by atoms with E-state index in [2.05, 4.69) is 10.3 Å². The minimum absolute atomic E-state index is 0.00470. The van der Waals surface area contributed by atoms with Gasteiger partial charge in [0.25, 0.3) is 5.91 Å². The fourth-order valence-corrected chi connectivity index (χ4v) is 2.36. The van der Waals surface area contributed by atoms with Gasteiger partial charge in [0.1, 0.15) is 6.26 Å². The number of nitrogens with zero attached hydrogens (tertiary/aromatic N) is 1. The van der Waals surface area contributed by atoms with Crippen LogP contribution in [0.3, 0.4) is 0 Å². The molecule has 2 rings (SSSR count). The van der Waals surface area contributed by atoms with Crippen molar-refractivity contribution >= 4 is 23.2 Å². The summed E-state index contributed by atoms with van der Waals surface area (Å²) in [5, 5.41) is 14.4. The van der Waals surface area contributed by atoms with E-state index in [1.54, 1.807) is 11.3 Å². The lowest BCUT2D eigenvalue weighted by Gasteiger charge is -2.00. The number of carbonyl (C=O) groups excluding carboxylic acids is 1. The van der Waals surface area contributed by atoms with Gasteiger partial charge in [0, 0.05) is 24.4 Å². The molecule has 1 amide bonds. The molecule has 0 saturated heterocycles. The minimum Gasteiger partial charge on any atom is -0.478 e.